The summed E-state index contributed by atoms with van der Waals surface area (Å²) >= 11 is 0. The number of amides is 1. The van der Waals surface area contributed by atoms with E-state index in [0.29, 0.717) is 24.4 Å². The Bertz CT molecular complexity index is 708. The molecule has 0 spiro atoms. The fraction of sp³-hybridized carbons (Fsp3) is 0.333. The molecule has 1 fully saturated rings. The van der Waals surface area contributed by atoms with E-state index in [9.17, 15) is 14.7 Å². The maximum atomic E-state index is 12.8. The minimum absolute atomic E-state index is 0.227. The maximum Gasteiger partial charge on any atom is 0.326 e. The molecule has 0 radical (unpaired) electrons. The van der Waals surface area contributed by atoms with Crippen molar-refractivity contribution in [1.29, 1.82) is 0 Å². The summed E-state index contributed by atoms with van der Waals surface area (Å²) in [5.41, 5.74) is 2.27. The van der Waals surface area contributed by atoms with E-state index in [1.54, 1.807) is 30.7 Å². The van der Waals surface area contributed by atoms with E-state index >= 15 is 0 Å². The summed E-state index contributed by atoms with van der Waals surface area (Å²) in [7, 11) is 0. The van der Waals surface area contributed by atoms with E-state index in [-0.39, 0.29) is 5.91 Å². The first-order valence-electron chi connectivity index (χ1n) is 7.72. The molecule has 5 heteroatoms. The SMILES string of the molecule is CC1CCN(C(=O)c2cccc(-c3ccoc3)c2)C(C(=O)O)C1. The van der Waals surface area contributed by atoms with Crippen LogP contribution in [0, 0.1) is 5.92 Å². The van der Waals surface area contributed by atoms with Gasteiger partial charge in [0, 0.05) is 17.7 Å². The van der Waals surface area contributed by atoms with Crippen LogP contribution in [0.15, 0.2) is 47.3 Å². The van der Waals surface area contributed by atoms with Crippen molar-refractivity contribution in [2.75, 3.05) is 6.54 Å². The van der Waals surface area contributed by atoms with Crippen molar-refractivity contribution >= 4 is 11.9 Å². The zero-order chi connectivity index (χ0) is 16.4. The average Bonchev–Trinajstić information content (AvgIpc) is 3.09. The Labute approximate surface area is 134 Å². The molecule has 3 rings (SSSR count). The van der Waals surface area contributed by atoms with Crippen LogP contribution in [0.3, 0.4) is 0 Å². The summed E-state index contributed by atoms with van der Waals surface area (Å²) in [5.74, 6) is -0.844. The minimum Gasteiger partial charge on any atom is -0.480 e. The van der Waals surface area contributed by atoms with Gasteiger partial charge in [-0.25, -0.2) is 4.79 Å². The Kier molecular flexibility index (Phi) is 4.19. The van der Waals surface area contributed by atoms with Crippen LogP contribution in [0.5, 0.6) is 0 Å². The number of likely N-dealkylation sites (tertiary alicyclic amines) is 1. The van der Waals surface area contributed by atoms with Gasteiger partial charge in [-0.05, 0) is 42.5 Å². The lowest BCUT2D eigenvalue weighted by Crippen LogP contribution is -2.49. The molecular weight excluding hydrogens is 294 g/mol. The number of rotatable bonds is 3. The molecule has 1 aromatic heterocycles. The van der Waals surface area contributed by atoms with Gasteiger partial charge in [0.15, 0.2) is 0 Å². The van der Waals surface area contributed by atoms with Crippen LogP contribution in [0.25, 0.3) is 11.1 Å². The van der Waals surface area contributed by atoms with Gasteiger partial charge in [-0.15, -0.1) is 0 Å². The fourth-order valence-electron chi connectivity index (χ4n) is 3.05. The van der Waals surface area contributed by atoms with Crippen LogP contribution in [-0.2, 0) is 4.79 Å². The molecule has 0 bridgehead atoms. The smallest absolute Gasteiger partial charge is 0.326 e. The number of carbonyl (C=O) groups is 2. The number of benzene rings is 1. The molecule has 1 aromatic carbocycles. The van der Waals surface area contributed by atoms with Gasteiger partial charge in [0.2, 0.25) is 0 Å². The molecule has 23 heavy (non-hydrogen) atoms. The maximum absolute atomic E-state index is 12.8. The lowest BCUT2D eigenvalue weighted by molar-refractivity contribution is -0.144. The number of hydrogen-bond acceptors (Lipinski definition) is 3. The number of nitrogens with zero attached hydrogens (tertiary/aromatic N) is 1. The van der Waals surface area contributed by atoms with Crippen LogP contribution < -0.4 is 0 Å². The van der Waals surface area contributed by atoms with Crippen molar-refractivity contribution in [2.24, 2.45) is 5.92 Å². The average molecular weight is 313 g/mol. The lowest BCUT2D eigenvalue weighted by atomic mass is 9.91. The highest BCUT2D eigenvalue weighted by Gasteiger charge is 2.35. The molecule has 0 saturated carbocycles. The van der Waals surface area contributed by atoms with E-state index < -0.39 is 12.0 Å². The van der Waals surface area contributed by atoms with Crippen molar-refractivity contribution in [1.82, 2.24) is 4.90 Å². The van der Waals surface area contributed by atoms with Gasteiger partial charge in [-0.2, -0.15) is 0 Å². The molecule has 2 unspecified atom stereocenters. The Hall–Kier alpha value is -2.56. The Morgan fingerprint density at radius 3 is 2.78 bits per heavy atom. The van der Waals surface area contributed by atoms with E-state index in [1.807, 2.05) is 19.1 Å². The zero-order valence-corrected chi connectivity index (χ0v) is 12.9. The molecule has 1 aliphatic rings. The van der Waals surface area contributed by atoms with E-state index in [0.717, 1.165) is 17.5 Å². The molecule has 1 N–H and O–H groups in total. The number of carboxylic acid groups (broad SMARTS) is 1. The largest absolute Gasteiger partial charge is 0.480 e. The van der Waals surface area contributed by atoms with Crippen molar-refractivity contribution in [3.63, 3.8) is 0 Å². The van der Waals surface area contributed by atoms with Crippen molar-refractivity contribution < 1.29 is 19.1 Å². The molecule has 0 aliphatic carbocycles. The Balaban J connectivity index is 1.87. The second kappa shape index (κ2) is 6.28. The number of hydrogen-bond donors (Lipinski definition) is 1. The first-order valence-corrected chi connectivity index (χ1v) is 7.72. The summed E-state index contributed by atoms with van der Waals surface area (Å²) in [5, 5.41) is 9.42. The fourth-order valence-corrected chi connectivity index (χ4v) is 3.05. The predicted molar refractivity (Wildman–Crippen MR) is 85.0 cm³/mol. The second-order valence-electron chi connectivity index (χ2n) is 6.07. The highest BCUT2D eigenvalue weighted by Crippen LogP contribution is 2.26. The third-order valence-corrected chi connectivity index (χ3v) is 4.37. The predicted octanol–water partition coefficient (Wildman–Crippen LogP) is 3.27. The summed E-state index contributed by atoms with van der Waals surface area (Å²) in [6.45, 7) is 2.50. The molecule has 1 amide bonds. The van der Waals surface area contributed by atoms with Gasteiger partial charge in [-0.1, -0.05) is 19.1 Å². The van der Waals surface area contributed by atoms with Crippen molar-refractivity contribution in [2.45, 2.75) is 25.8 Å². The van der Waals surface area contributed by atoms with Crippen LogP contribution in [0.4, 0.5) is 0 Å². The topological polar surface area (TPSA) is 70.8 Å². The summed E-state index contributed by atoms with van der Waals surface area (Å²) < 4.78 is 5.07. The van der Waals surface area contributed by atoms with E-state index in [4.69, 9.17) is 4.42 Å². The molecular formula is C18H19NO4. The highest BCUT2D eigenvalue weighted by molar-refractivity contribution is 5.97. The van der Waals surface area contributed by atoms with Gasteiger partial charge in [-0.3, -0.25) is 4.79 Å². The monoisotopic (exact) mass is 313 g/mol. The number of furan rings is 1. The first kappa shape index (κ1) is 15.3. The quantitative estimate of drug-likeness (QED) is 0.944. The van der Waals surface area contributed by atoms with Crippen LogP contribution in [0.2, 0.25) is 0 Å². The zero-order valence-electron chi connectivity index (χ0n) is 12.9. The third kappa shape index (κ3) is 3.13. The Morgan fingerprint density at radius 2 is 2.09 bits per heavy atom. The second-order valence-corrected chi connectivity index (χ2v) is 6.07. The molecule has 2 aromatic rings. The van der Waals surface area contributed by atoms with Crippen LogP contribution in [-0.4, -0.2) is 34.5 Å². The number of carbonyl (C=O) groups excluding carboxylic acids is 1. The number of aliphatic carboxylic acids is 1. The highest BCUT2D eigenvalue weighted by atomic mass is 16.4. The number of carboxylic acids is 1. The van der Waals surface area contributed by atoms with Gasteiger partial charge in [0.25, 0.3) is 5.91 Å². The Morgan fingerprint density at radius 1 is 1.26 bits per heavy atom. The van der Waals surface area contributed by atoms with Gasteiger partial charge in [0.1, 0.15) is 6.04 Å². The van der Waals surface area contributed by atoms with Gasteiger partial charge in [0.05, 0.1) is 12.5 Å². The van der Waals surface area contributed by atoms with Crippen molar-refractivity contribution in [3.8, 4) is 11.1 Å². The summed E-state index contributed by atoms with van der Waals surface area (Å²) in [6.07, 6.45) is 4.53. The molecule has 1 aliphatic heterocycles. The first-order chi connectivity index (χ1) is 11.1. The minimum atomic E-state index is -0.934. The molecule has 2 atom stereocenters. The normalized spacial score (nSPS) is 21.2. The molecule has 2 heterocycles. The van der Waals surface area contributed by atoms with Gasteiger partial charge < -0.3 is 14.4 Å². The lowest BCUT2D eigenvalue weighted by Gasteiger charge is -2.36. The van der Waals surface area contributed by atoms with Crippen LogP contribution in [0.1, 0.15) is 30.1 Å². The van der Waals surface area contributed by atoms with E-state index in [2.05, 4.69) is 0 Å². The van der Waals surface area contributed by atoms with Crippen molar-refractivity contribution in [3.05, 3.63) is 48.4 Å². The third-order valence-electron chi connectivity index (χ3n) is 4.37. The van der Waals surface area contributed by atoms with Crippen LogP contribution >= 0.6 is 0 Å². The molecule has 120 valence electrons. The molecule has 1 saturated heterocycles. The summed E-state index contributed by atoms with van der Waals surface area (Å²) in [4.78, 5) is 25.8. The van der Waals surface area contributed by atoms with Gasteiger partial charge >= 0.3 is 5.97 Å². The molecule has 5 nitrogen and oxygen atoms in total. The summed E-state index contributed by atoms with van der Waals surface area (Å²) in [6, 6.07) is 8.29. The van der Waals surface area contributed by atoms with E-state index in [1.165, 1.54) is 4.90 Å². The number of piperidine rings is 1. The standard InChI is InChI=1S/C18H19NO4/c1-12-5-7-19(16(9-12)18(21)22)17(20)14-4-2-3-13(10-14)15-6-8-23-11-15/h2-4,6,8,10-12,16H,5,7,9H2,1H3,(H,21,22).